The van der Waals surface area contributed by atoms with Gasteiger partial charge in [-0.25, -0.2) is 4.98 Å². The van der Waals surface area contributed by atoms with Gasteiger partial charge < -0.3 is 18.8 Å². The number of hydrogen-bond acceptors (Lipinski definition) is 5. The first kappa shape index (κ1) is 36.9. The molecule has 0 unspecified atom stereocenters. The van der Waals surface area contributed by atoms with E-state index >= 15 is 0 Å². The third-order valence-electron chi connectivity index (χ3n) is 13.8. The van der Waals surface area contributed by atoms with Crippen LogP contribution in [-0.2, 0) is 31.9 Å². The molecule has 0 fully saturated rings. The summed E-state index contributed by atoms with van der Waals surface area (Å²) < 4.78 is 9.24. The Morgan fingerprint density at radius 2 is 1.37 bits per heavy atom. The second-order valence-electron chi connectivity index (χ2n) is 17.4. The number of hydrogen-bond donors (Lipinski definition) is 0. The van der Waals surface area contributed by atoms with E-state index in [1.54, 1.807) is 0 Å². The van der Waals surface area contributed by atoms with Gasteiger partial charge in [-0.05, 0) is 59.1 Å². The summed E-state index contributed by atoms with van der Waals surface area (Å²) in [5.41, 5.74) is 15.5. The molecule has 0 bridgehead atoms. The zero-order chi connectivity index (χ0) is 39.9. The Bertz CT molecular complexity index is 3240. The summed E-state index contributed by atoms with van der Waals surface area (Å²) >= 11 is 0. The van der Waals surface area contributed by atoms with Crippen molar-refractivity contribution in [2.75, 3.05) is 9.62 Å². The van der Waals surface area contributed by atoms with Crippen molar-refractivity contribution in [1.29, 1.82) is 0 Å². The number of rotatable bonds is 4. The fraction of sp³-hybridized carbons (Fsp3) is 0.154. The molecule has 8 heteroatoms. The van der Waals surface area contributed by atoms with E-state index in [9.17, 15) is 0 Å². The topological polar surface area (TPSA) is 45.9 Å². The maximum absolute atomic E-state index is 6.82. The Balaban J connectivity index is 0.00000408. The molecule has 3 aliphatic rings. The summed E-state index contributed by atoms with van der Waals surface area (Å²) in [4.78, 5) is 15.3. The van der Waals surface area contributed by atoms with Crippen LogP contribution in [0.4, 0.5) is 22.9 Å². The molecule has 0 saturated carbocycles. The third-order valence-corrected chi connectivity index (χ3v) is 13.8. The minimum absolute atomic E-state index is 0. The Kier molecular flexibility index (Phi) is 7.94. The van der Waals surface area contributed by atoms with Gasteiger partial charge in [-0.1, -0.05) is 147 Å². The normalized spacial score (nSPS) is 15.2. The molecule has 3 aromatic heterocycles. The van der Waals surface area contributed by atoms with Crippen LogP contribution in [0.15, 0.2) is 134 Å². The van der Waals surface area contributed by atoms with Gasteiger partial charge in [0.05, 0.1) is 11.3 Å². The first-order valence-electron chi connectivity index (χ1n) is 20.5. The van der Waals surface area contributed by atoms with E-state index in [0.717, 1.165) is 50.4 Å². The summed E-state index contributed by atoms with van der Waals surface area (Å²) in [6.45, 7) is 13.7. The number of aryl methyl sites for hydroxylation is 2. The Morgan fingerprint density at radius 1 is 0.650 bits per heavy atom. The molecular formula is C52H40BN5OPt. The van der Waals surface area contributed by atoms with Crippen molar-refractivity contribution in [3.63, 3.8) is 0 Å². The summed E-state index contributed by atoms with van der Waals surface area (Å²) in [5.74, 6) is 2.12. The maximum Gasteiger partial charge on any atom is 2.00 e. The number of aromatic nitrogens is 3. The van der Waals surface area contributed by atoms with Gasteiger partial charge in [0.2, 0.25) is 0 Å². The first-order chi connectivity index (χ1) is 28.6. The molecule has 9 aromatic rings. The van der Waals surface area contributed by atoms with Crippen molar-refractivity contribution >= 4 is 62.6 Å². The fourth-order valence-electron chi connectivity index (χ4n) is 10.3. The van der Waals surface area contributed by atoms with Gasteiger partial charge in [0.1, 0.15) is 5.82 Å². The quantitative estimate of drug-likeness (QED) is 0.0999. The van der Waals surface area contributed by atoms with E-state index in [4.69, 9.17) is 14.7 Å². The van der Waals surface area contributed by atoms with Crippen molar-refractivity contribution < 1.29 is 25.8 Å². The average Bonchev–Trinajstić information content (AvgIpc) is 3.82. The molecule has 0 radical (unpaired) electrons. The maximum atomic E-state index is 6.82. The van der Waals surface area contributed by atoms with Crippen LogP contribution < -0.4 is 19.8 Å². The molecule has 0 spiro atoms. The van der Waals surface area contributed by atoms with Crippen LogP contribution in [0.5, 0.6) is 11.5 Å². The van der Waals surface area contributed by atoms with Crippen molar-refractivity contribution in [3.8, 4) is 33.9 Å². The van der Waals surface area contributed by atoms with E-state index in [1.807, 2.05) is 24.4 Å². The largest absolute Gasteiger partial charge is 2.00 e. The van der Waals surface area contributed by atoms with E-state index in [0.29, 0.717) is 11.5 Å². The minimum Gasteiger partial charge on any atom is -0.503 e. The number of ether oxygens (including phenoxy) is 1. The zero-order valence-corrected chi connectivity index (χ0v) is 36.5. The number of nitrogens with zero attached hydrogens (tertiary/aromatic N) is 5. The summed E-state index contributed by atoms with van der Waals surface area (Å²) in [7, 11) is 0. The van der Waals surface area contributed by atoms with Crippen LogP contribution in [0.25, 0.3) is 49.7 Å². The molecule has 60 heavy (non-hydrogen) atoms. The summed E-state index contributed by atoms with van der Waals surface area (Å²) in [6.07, 6.45) is 1.88. The van der Waals surface area contributed by atoms with Gasteiger partial charge in [0, 0.05) is 56.6 Å². The van der Waals surface area contributed by atoms with E-state index in [-0.39, 0.29) is 38.9 Å². The minimum atomic E-state index is -0.231. The molecule has 292 valence electrons. The van der Waals surface area contributed by atoms with E-state index in [1.165, 1.54) is 50.0 Å². The van der Waals surface area contributed by atoms with Crippen LogP contribution in [0.3, 0.4) is 0 Å². The van der Waals surface area contributed by atoms with Gasteiger partial charge in [0.15, 0.2) is 0 Å². The van der Waals surface area contributed by atoms with Gasteiger partial charge in [-0.2, -0.15) is 0 Å². The summed E-state index contributed by atoms with van der Waals surface area (Å²) in [6, 6.07) is 52.7. The van der Waals surface area contributed by atoms with E-state index < -0.39 is 0 Å². The van der Waals surface area contributed by atoms with Crippen molar-refractivity contribution in [2.24, 2.45) is 0 Å². The second-order valence-corrected chi connectivity index (χ2v) is 17.4. The number of fused-ring (bicyclic) bond motifs is 11. The first-order valence-corrected chi connectivity index (χ1v) is 20.5. The fourth-order valence-corrected chi connectivity index (χ4v) is 10.3. The second kappa shape index (κ2) is 12.9. The van der Waals surface area contributed by atoms with Gasteiger partial charge >= 0.3 is 28.0 Å². The predicted octanol–water partition coefficient (Wildman–Crippen LogP) is 11.9. The Labute approximate surface area is 364 Å². The van der Waals surface area contributed by atoms with Crippen LogP contribution >= 0.6 is 0 Å². The van der Waals surface area contributed by atoms with Crippen LogP contribution in [0.1, 0.15) is 50.1 Å². The standard InChI is InChI=1S/C52H40BN5O.Pt/c1-31-15-12-16-32(2)46(31)57-43-27-25-35(30-44(43)58-49-39(21-14-28-54-49)37-19-10-11-23-42(37)53(57)58)59-34-24-26-36-38-20-13-22-41-47(38)56-48(52(5,6)51(41,3)4)45(33-17-8-7-9-18-33)55-50(56)40(36)29-34;/h7-28H,1-6H3;/q-2;+2. The monoisotopic (exact) mass is 956 g/mol. The van der Waals surface area contributed by atoms with Gasteiger partial charge in [0.25, 0.3) is 0 Å². The Morgan fingerprint density at radius 3 is 2.18 bits per heavy atom. The molecule has 0 amide bonds. The molecule has 3 aliphatic heterocycles. The van der Waals surface area contributed by atoms with Gasteiger partial charge in [-0.15, -0.1) is 30.3 Å². The molecule has 12 rings (SSSR count). The molecule has 0 aliphatic carbocycles. The van der Waals surface area contributed by atoms with Crippen molar-refractivity contribution in [2.45, 2.75) is 52.4 Å². The number of imidazole rings is 1. The Hall–Kier alpha value is -6.17. The number of benzene rings is 6. The molecule has 0 N–H and O–H groups in total. The van der Waals surface area contributed by atoms with Crippen LogP contribution in [0, 0.1) is 26.0 Å². The smallest absolute Gasteiger partial charge is 0.503 e. The van der Waals surface area contributed by atoms with Crippen molar-refractivity contribution in [3.05, 3.63) is 168 Å². The summed E-state index contributed by atoms with van der Waals surface area (Å²) in [5, 5.41) is 3.22. The van der Waals surface area contributed by atoms with E-state index in [2.05, 4.69) is 177 Å². The third kappa shape index (κ3) is 4.81. The number of anilines is 4. The average molecular weight is 957 g/mol. The SMILES string of the molecule is Cc1cccc(C)c1N1B2c3ccccc3-c3cccnc3N2c2[c-]c(Oc3[c-]c4c(cc3)c3cccc5c3n3c(c(-c6ccccc6)nc43)C(C)(C)C5(C)C)ccc21.[Pt+2]. The zero-order valence-electron chi connectivity index (χ0n) is 34.2. The molecule has 0 saturated heterocycles. The number of pyridine rings is 2. The molecule has 6 nitrogen and oxygen atoms in total. The molecular weight excluding hydrogens is 916 g/mol. The van der Waals surface area contributed by atoms with Gasteiger partial charge in [-0.3, -0.25) is 4.98 Å². The molecule has 6 aromatic carbocycles. The number of para-hydroxylation sites is 2. The van der Waals surface area contributed by atoms with Crippen molar-refractivity contribution in [1.82, 2.24) is 14.4 Å². The molecule has 6 heterocycles. The van der Waals surface area contributed by atoms with Crippen LogP contribution in [-0.4, -0.2) is 21.4 Å². The van der Waals surface area contributed by atoms with Crippen LogP contribution in [0.2, 0.25) is 0 Å². The molecule has 0 atom stereocenters. The predicted molar refractivity (Wildman–Crippen MR) is 241 cm³/mol.